The van der Waals surface area contributed by atoms with Crippen LogP contribution in [0.15, 0.2) is 12.1 Å². The Labute approximate surface area is 86.6 Å². The molecule has 0 spiro atoms. The second kappa shape index (κ2) is 3.69. The lowest BCUT2D eigenvalue weighted by Crippen LogP contribution is -2.11. The second-order valence-electron chi connectivity index (χ2n) is 2.14. The Balaban J connectivity index is 3.35. The van der Waals surface area contributed by atoms with Crippen LogP contribution in [0.4, 0.5) is 0 Å². The number of pyridine rings is 1. The Morgan fingerprint density at radius 3 is 2.31 bits per heavy atom. The van der Waals surface area contributed by atoms with Crippen LogP contribution in [-0.4, -0.2) is 27.1 Å². The minimum absolute atomic E-state index is 0.298. The van der Waals surface area contributed by atoms with Crippen LogP contribution in [0, 0.1) is 3.70 Å². The Hall–Kier alpha value is -1.18. The molecule has 0 atom stereocenters. The topological polar surface area (TPSA) is 87.5 Å². The van der Waals surface area contributed by atoms with Crippen molar-refractivity contribution in [2.45, 2.75) is 0 Å². The van der Waals surface area contributed by atoms with Crippen molar-refractivity contribution in [3.8, 4) is 0 Å². The highest BCUT2D eigenvalue weighted by Gasteiger charge is 2.17. The van der Waals surface area contributed by atoms with Gasteiger partial charge in [-0.3, -0.25) is 0 Å². The maximum Gasteiger partial charge on any atom is 0.355 e. The molecule has 13 heavy (non-hydrogen) atoms. The zero-order valence-electron chi connectivity index (χ0n) is 6.19. The molecule has 5 nitrogen and oxygen atoms in total. The third kappa shape index (κ3) is 2.14. The van der Waals surface area contributed by atoms with Gasteiger partial charge < -0.3 is 10.2 Å². The first-order chi connectivity index (χ1) is 6.02. The molecular formula is C7H4INO4. The Kier molecular flexibility index (Phi) is 2.81. The predicted octanol–water partition coefficient (Wildman–Crippen LogP) is 1.08. The minimum atomic E-state index is -1.34. The summed E-state index contributed by atoms with van der Waals surface area (Å²) in [4.78, 5) is 24.7. The van der Waals surface area contributed by atoms with Crippen molar-refractivity contribution in [2.75, 3.05) is 0 Å². The van der Waals surface area contributed by atoms with Crippen LogP contribution in [0.25, 0.3) is 0 Å². The van der Waals surface area contributed by atoms with Gasteiger partial charge in [0.1, 0.15) is 3.70 Å². The van der Waals surface area contributed by atoms with E-state index in [4.69, 9.17) is 10.2 Å². The van der Waals surface area contributed by atoms with Gasteiger partial charge in [-0.1, -0.05) is 0 Å². The predicted molar refractivity (Wildman–Crippen MR) is 50.9 cm³/mol. The minimum Gasteiger partial charge on any atom is -0.478 e. The molecule has 1 rings (SSSR count). The molecule has 0 aromatic carbocycles. The summed E-state index contributed by atoms with van der Waals surface area (Å²) in [5.74, 6) is -2.63. The zero-order chi connectivity index (χ0) is 10.0. The first-order valence-electron chi connectivity index (χ1n) is 3.15. The van der Waals surface area contributed by atoms with Crippen LogP contribution < -0.4 is 0 Å². The average molecular weight is 293 g/mol. The van der Waals surface area contributed by atoms with Gasteiger partial charge in [-0.25, -0.2) is 14.6 Å². The number of hydrogen-bond acceptors (Lipinski definition) is 3. The Bertz CT molecular complexity index is 377. The monoisotopic (exact) mass is 293 g/mol. The Morgan fingerprint density at radius 2 is 1.85 bits per heavy atom. The van der Waals surface area contributed by atoms with Crippen LogP contribution in [0.5, 0.6) is 0 Å². The highest BCUT2D eigenvalue weighted by molar-refractivity contribution is 14.1. The molecule has 2 N–H and O–H groups in total. The average Bonchev–Trinajstić information content (AvgIpc) is 2.03. The van der Waals surface area contributed by atoms with Gasteiger partial charge in [0.25, 0.3) is 0 Å². The number of aromatic nitrogens is 1. The standard InChI is InChI=1S/C7H4INO4/c8-4-2-1-3(6(10)11)5(9-4)7(12)13/h1-2H,(H,10,11)(H,12,13). The van der Waals surface area contributed by atoms with E-state index in [9.17, 15) is 9.59 Å². The fraction of sp³-hybridized carbons (Fsp3) is 0. The number of rotatable bonds is 2. The normalized spacial score (nSPS) is 9.62. The summed E-state index contributed by atoms with van der Waals surface area (Å²) in [7, 11) is 0. The van der Waals surface area contributed by atoms with E-state index in [0.29, 0.717) is 3.70 Å². The number of aromatic carboxylic acids is 2. The quantitative estimate of drug-likeness (QED) is 0.629. The summed E-state index contributed by atoms with van der Waals surface area (Å²) in [5.41, 5.74) is -0.729. The lowest BCUT2D eigenvalue weighted by Gasteiger charge is -1.99. The molecule has 6 heteroatoms. The van der Waals surface area contributed by atoms with Crippen molar-refractivity contribution in [3.05, 3.63) is 27.1 Å². The molecule has 1 aromatic heterocycles. The first-order valence-corrected chi connectivity index (χ1v) is 4.23. The van der Waals surface area contributed by atoms with Crippen molar-refractivity contribution in [1.82, 2.24) is 4.98 Å². The summed E-state index contributed by atoms with van der Waals surface area (Å²) >= 11 is 1.81. The molecule has 68 valence electrons. The number of halogens is 1. The van der Waals surface area contributed by atoms with Gasteiger partial charge >= 0.3 is 11.9 Å². The molecule has 0 bridgehead atoms. The number of carboxylic acid groups (broad SMARTS) is 2. The molecule has 0 unspecified atom stereocenters. The number of carbonyl (C=O) groups is 2. The summed E-state index contributed by atoms with van der Waals surface area (Å²) in [6.07, 6.45) is 0. The van der Waals surface area contributed by atoms with Crippen molar-refractivity contribution in [1.29, 1.82) is 0 Å². The Morgan fingerprint density at radius 1 is 1.23 bits per heavy atom. The van der Waals surface area contributed by atoms with Gasteiger partial charge in [-0.15, -0.1) is 0 Å². The van der Waals surface area contributed by atoms with E-state index < -0.39 is 17.6 Å². The second-order valence-corrected chi connectivity index (χ2v) is 3.25. The van der Waals surface area contributed by atoms with Crippen LogP contribution in [0.2, 0.25) is 0 Å². The fourth-order valence-electron chi connectivity index (χ4n) is 0.771. The molecule has 0 radical (unpaired) electrons. The van der Waals surface area contributed by atoms with Crippen molar-refractivity contribution < 1.29 is 19.8 Å². The van der Waals surface area contributed by atoms with E-state index in [-0.39, 0.29) is 5.56 Å². The number of nitrogens with zero attached hydrogens (tertiary/aromatic N) is 1. The fourth-order valence-corrected chi connectivity index (χ4v) is 1.19. The van der Waals surface area contributed by atoms with Gasteiger partial charge in [0.15, 0.2) is 5.69 Å². The summed E-state index contributed by atoms with van der Waals surface area (Å²) < 4.78 is 0.444. The van der Waals surface area contributed by atoms with Gasteiger partial charge in [0, 0.05) is 0 Å². The highest BCUT2D eigenvalue weighted by atomic mass is 127. The zero-order valence-corrected chi connectivity index (χ0v) is 8.35. The van der Waals surface area contributed by atoms with E-state index >= 15 is 0 Å². The van der Waals surface area contributed by atoms with Gasteiger partial charge in [0.2, 0.25) is 0 Å². The molecule has 0 amide bonds. The molecule has 0 fully saturated rings. The summed E-state index contributed by atoms with van der Waals surface area (Å²) in [6, 6.07) is 2.66. The van der Waals surface area contributed by atoms with E-state index in [0.717, 1.165) is 0 Å². The molecule has 0 saturated carbocycles. The molecule has 1 aromatic rings. The number of carboxylic acids is 2. The maximum absolute atomic E-state index is 10.5. The van der Waals surface area contributed by atoms with Crippen molar-refractivity contribution in [3.63, 3.8) is 0 Å². The molecular weight excluding hydrogens is 289 g/mol. The lowest BCUT2D eigenvalue weighted by atomic mass is 10.2. The van der Waals surface area contributed by atoms with Gasteiger partial charge in [0.05, 0.1) is 5.56 Å². The highest BCUT2D eigenvalue weighted by Crippen LogP contribution is 2.09. The SMILES string of the molecule is O=C(O)c1ccc(I)nc1C(=O)O. The van der Waals surface area contributed by atoms with E-state index in [1.807, 2.05) is 22.6 Å². The van der Waals surface area contributed by atoms with Crippen LogP contribution in [-0.2, 0) is 0 Å². The first kappa shape index (κ1) is 9.90. The molecule has 0 aliphatic carbocycles. The van der Waals surface area contributed by atoms with E-state index in [1.54, 1.807) is 0 Å². The summed E-state index contributed by atoms with van der Waals surface area (Å²) in [6.45, 7) is 0. The molecule has 1 heterocycles. The van der Waals surface area contributed by atoms with Crippen LogP contribution in [0.3, 0.4) is 0 Å². The van der Waals surface area contributed by atoms with Gasteiger partial charge in [-0.2, -0.15) is 0 Å². The molecule has 0 aliphatic heterocycles. The largest absolute Gasteiger partial charge is 0.478 e. The van der Waals surface area contributed by atoms with Gasteiger partial charge in [-0.05, 0) is 34.7 Å². The smallest absolute Gasteiger partial charge is 0.355 e. The third-order valence-corrected chi connectivity index (χ3v) is 1.90. The third-order valence-electron chi connectivity index (χ3n) is 1.29. The maximum atomic E-state index is 10.5. The van der Waals surface area contributed by atoms with E-state index in [1.165, 1.54) is 12.1 Å². The van der Waals surface area contributed by atoms with E-state index in [2.05, 4.69) is 4.98 Å². The lowest BCUT2D eigenvalue weighted by molar-refractivity contribution is 0.0646. The van der Waals surface area contributed by atoms with Crippen LogP contribution >= 0.6 is 22.6 Å². The summed E-state index contributed by atoms with van der Waals surface area (Å²) in [5, 5.41) is 17.2. The number of hydrogen-bond donors (Lipinski definition) is 2. The molecule has 0 saturated heterocycles. The van der Waals surface area contributed by atoms with Crippen molar-refractivity contribution in [2.24, 2.45) is 0 Å². The van der Waals surface area contributed by atoms with Crippen LogP contribution in [0.1, 0.15) is 20.8 Å². The van der Waals surface area contributed by atoms with Crippen molar-refractivity contribution >= 4 is 34.5 Å². The molecule has 0 aliphatic rings.